The van der Waals surface area contributed by atoms with Gasteiger partial charge in [-0.25, -0.2) is 10.5 Å². The summed E-state index contributed by atoms with van der Waals surface area (Å²) in [7, 11) is -4.64. The Bertz CT molecular complexity index is 3200. The monoisotopic (exact) mass is 1010 g/mol. The molecule has 0 aliphatic heterocycles. The molecule has 0 spiro atoms. The fourth-order valence-electron chi connectivity index (χ4n) is 6.49. The van der Waals surface area contributed by atoms with Gasteiger partial charge in [0.25, 0.3) is 10.1 Å². The van der Waals surface area contributed by atoms with Crippen LogP contribution in [-0.4, -0.2) is 59.7 Å². The Hall–Kier alpha value is -7.14. The van der Waals surface area contributed by atoms with Gasteiger partial charge in [-0.15, -0.1) is 13.8 Å². The molecular weight excluding hydrogens is 973 g/mol. The van der Waals surface area contributed by atoms with E-state index in [1.54, 1.807) is 78.9 Å². The normalized spacial score (nSPS) is 12.0. The molecule has 7 aromatic carbocycles. The summed E-state index contributed by atoms with van der Waals surface area (Å²) >= 11 is 1.16. The number of benzene rings is 7. The topological polar surface area (TPSA) is 306 Å². The molecule has 25 heteroatoms. The number of nitrogens with zero attached hydrogens (tertiary/aromatic N) is 6. The quantitative estimate of drug-likeness (QED) is 0.00595. The number of carboxylic acids is 1. The fraction of sp³-hybridized carbons (Fsp3) is 0.133. The molecule has 7 aromatic rings. The summed E-state index contributed by atoms with van der Waals surface area (Å²) in [6.45, 7) is 4.04. The molecule has 0 fully saturated rings. The van der Waals surface area contributed by atoms with Crippen LogP contribution in [0.5, 0.6) is 11.5 Å². The number of hydrogen-bond donors (Lipinski definition) is 7. The smallest absolute Gasteiger partial charge is 0.305 e. The van der Waals surface area contributed by atoms with Gasteiger partial charge in [0.15, 0.2) is 12.5 Å². The molecular formula is C45H40N8O14S3. The Labute approximate surface area is 406 Å². The number of rotatable bonds is 23. The lowest BCUT2D eigenvalue weighted by atomic mass is 10.1. The summed E-state index contributed by atoms with van der Waals surface area (Å²) in [5.74, 6) is -0.639. The van der Waals surface area contributed by atoms with Crippen molar-refractivity contribution in [3.8, 4) is 11.5 Å². The van der Waals surface area contributed by atoms with E-state index in [9.17, 15) is 22.9 Å². The van der Waals surface area contributed by atoms with Gasteiger partial charge in [0, 0.05) is 27.0 Å². The number of nitrogens with one attached hydrogen (secondary N) is 2. The Balaban J connectivity index is 0.986. The molecule has 0 radical (unpaired) electrons. The second kappa shape index (κ2) is 23.9. The molecule has 0 aliphatic rings. The van der Waals surface area contributed by atoms with Crippen LogP contribution in [0.1, 0.15) is 17.5 Å². The van der Waals surface area contributed by atoms with Gasteiger partial charge >= 0.3 is 5.97 Å². The maximum atomic E-state index is 12.1. The minimum absolute atomic E-state index is 0.0535. The van der Waals surface area contributed by atoms with Gasteiger partial charge in [0.1, 0.15) is 23.1 Å². The summed E-state index contributed by atoms with van der Waals surface area (Å²) in [5, 5.41) is 78.8. The second-order valence-electron chi connectivity index (χ2n) is 14.7. The average Bonchev–Trinajstić information content (AvgIpc) is 3.34. The maximum absolute atomic E-state index is 12.1. The van der Waals surface area contributed by atoms with E-state index in [2.05, 4.69) is 55.7 Å². The number of phenolic OH excluding ortho intramolecular Hbond substituents is 1. The molecule has 22 nitrogen and oxygen atoms in total. The van der Waals surface area contributed by atoms with Crippen LogP contribution >= 0.6 is 24.1 Å². The van der Waals surface area contributed by atoms with Crippen molar-refractivity contribution in [1.82, 2.24) is 0 Å². The molecule has 0 saturated carbocycles. The Kier molecular flexibility index (Phi) is 17.3. The molecule has 0 heterocycles. The van der Waals surface area contributed by atoms with Crippen LogP contribution in [0.25, 0.3) is 21.5 Å². The first-order valence-corrected chi connectivity index (χ1v) is 23.3. The molecule has 0 aliphatic carbocycles. The van der Waals surface area contributed by atoms with Crippen molar-refractivity contribution in [2.45, 2.75) is 35.0 Å². The minimum Gasteiger partial charge on any atom is -0.505 e. The van der Waals surface area contributed by atoms with E-state index < -0.39 is 21.0 Å². The Morgan fingerprint density at radius 3 is 1.89 bits per heavy atom. The Morgan fingerprint density at radius 1 is 0.643 bits per heavy atom. The number of phenols is 1. The van der Waals surface area contributed by atoms with Crippen molar-refractivity contribution < 1.29 is 66.7 Å². The third-order valence-corrected chi connectivity index (χ3v) is 12.0. The number of anilines is 2. The minimum atomic E-state index is -4.64. The molecule has 0 saturated heterocycles. The Morgan fingerprint density at radius 2 is 1.24 bits per heavy atom. The molecule has 0 amide bonds. The zero-order chi connectivity index (χ0) is 49.6. The maximum Gasteiger partial charge on any atom is 0.305 e. The fourth-order valence-corrected chi connectivity index (χ4v) is 8.24. The zero-order valence-electron chi connectivity index (χ0n) is 36.6. The van der Waals surface area contributed by atoms with Crippen LogP contribution in [0.2, 0.25) is 0 Å². The van der Waals surface area contributed by atoms with Crippen molar-refractivity contribution in [1.29, 1.82) is 0 Å². The van der Waals surface area contributed by atoms with Crippen LogP contribution in [0, 0.1) is 13.8 Å². The third-order valence-electron chi connectivity index (χ3n) is 9.90. The van der Waals surface area contributed by atoms with Crippen molar-refractivity contribution >= 4 is 107 Å². The standard InChI is InChI=1S/C45H40N8O14S3/c1-26-18-40(27(2)17-39(26)51-49-33-11-9-32(10-12-33)48-50-34-4-3-28-20-36(68-66-64-57)23-42(38(28)22-34)70(59,60)61)52-53-44-41(69-67-65-58)21-29-19-35(13-14-37(29)45(44)56)63-25-47-31-7-5-30(6-8-31)46-24-62-16-15-43(54)55/h3-14,17-23,46-47,56-58H,15-16,24-25H2,1-2H3,(H,54,55)(H,59,60,61). The highest BCUT2D eigenvalue weighted by Crippen LogP contribution is 2.45. The summed E-state index contributed by atoms with van der Waals surface area (Å²) in [5.41, 5.74) is 5.40. The summed E-state index contributed by atoms with van der Waals surface area (Å²) in [6.07, 6.45) is -0.0723. The molecule has 70 heavy (non-hydrogen) atoms. The van der Waals surface area contributed by atoms with Crippen molar-refractivity contribution in [3.63, 3.8) is 0 Å². The zero-order valence-corrected chi connectivity index (χ0v) is 39.1. The van der Waals surface area contributed by atoms with Gasteiger partial charge in [0.2, 0.25) is 0 Å². The number of hydrogen-bond acceptors (Lipinski definition) is 22. The van der Waals surface area contributed by atoms with Gasteiger partial charge in [-0.05, 0) is 145 Å². The van der Waals surface area contributed by atoms with Crippen LogP contribution < -0.4 is 15.4 Å². The SMILES string of the molecule is Cc1cc(N=Nc2c(SOOO)cc3cc(OCNc4ccc(NCOCCC(=O)O)cc4)ccc3c2O)c(C)cc1N=Nc1ccc(N=Nc2ccc3cc(SOOO)cc(S(=O)(=O)O)c3c2)cc1. The number of fused-ring (bicyclic) bond motifs is 2. The van der Waals surface area contributed by atoms with Gasteiger partial charge in [0.05, 0.1) is 70.4 Å². The summed E-state index contributed by atoms with van der Waals surface area (Å²) < 4.78 is 54.4. The molecule has 362 valence electrons. The molecule has 0 bridgehead atoms. The van der Waals surface area contributed by atoms with E-state index in [0.717, 1.165) is 23.0 Å². The van der Waals surface area contributed by atoms with Gasteiger partial charge < -0.3 is 30.3 Å². The average molecular weight is 1010 g/mol. The van der Waals surface area contributed by atoms with E-state index in [0.29, 0.717) is 80.0 Å². The highest BCUT2D eigenvalue weighted by atomic mass is 32.2. The second-order valence-corrected chi connectivity index (χ2v) is 17.6. The third kappa shape index (κ3) is 13.8. The lowest BCUT2D eigenvalue weighted by Crippen LogP contribution is -2.10. The van der Waals surface area contributed by atoms with Gasteiger partial charge in [-0.3, -0.25) is 9.35 Å². The van der Waals surface area contributed by atoms with E-state index >= 15 is 0 Å². The van der Waals surface area contributed by atoms with Crippen LogP contribution in [0.4, 0.5) is 45.5 Å². The molecule has 0 aromatic heterocycles. The first-order valence-electron chi connectivity index (χ1n) is 20.4. The molecule has 0 atom stereocenters. The van der Waals surface area contributed by atoms with E-state index in [-0.39, 0.29) is 53.1 Å². The van der Waals surface area contributed by atoms with Crippen molar-refractivity contribution in [2.24, 2.45) is 30.7 Å². The van der Waals surface area contributed by atoms with Crippen LogP contribution in [0.3, 0.4) is 0 Å². The van der Waals surface area contributed by atoms with Gasteiger partial charge in [-0.1, -0.05) is 16.1 Å². The van der Waals surface area contributed by atoms with Crippen LogP contribution in [0.15, 0.2) is 161 Å². The lowest BCUT2D eigenvalue weighted by molar-refractivity contribution is -0.432. The predicted molar refractivity (Wildman–Crippen MR) is 258 cm³/mol. The first-order chi connectivity index (χ1) is 33.8. The lowest BCUT2D eigenvalue weighted by Gasteiger charge is -2.13. The van der Waals surface area contributed by atoms with E-state index in [1.807, 2.05) is 38.1 Å². The number of ether oxygens (including phenoxy) is 2. The van der Waals surface area contributed by atoms with E-state index in [1.165, 1.54) is 6.07 Å². The van der Waals surface area contributed by atoms with Crippen molar-refractivity contribution in [3.05, 3.63) is 126 Å². The summed E-state index contributed by atoms with van der Waals surface area (Å²) in [4.78, 5) is 10.7. The number of azo groups is 3. The number of carboxylic acid groups (broad SMARTS) is 1. The number of aromatic hydroxyl groups is 1. The number of aliphatic carboxylic acids is 1. The number of aryl methyl sites for hydroxylation is 2. The highest BCUT2D eigenvalue weighted by molar-refractivity contribution is 7.95. The predicted octanol–water partition coefficient (Wildman–Crippen LogP) is 13.0. The van der Waals surface area contributed by atoms with Gasteiger partial charge in [-0.2, -0.15) is 34.0 Å². The summed E-state index contributed by atoms with van der Waals surface area (Å²) in [6, 6.07) is 31.8. The molecule has 0 unspecified atom stereocenters. The largest absolute Gasteiger partial charge is 0.505 e. The first kappa shape index (κ1) is 50.7. The van der Waals surface area contributed by atoms with E-state index in [4.69, 9.17) is 29.4 Å². The molecule has 7 rings (SSSR count). The highest BCUT2D eigenvalue weighted by Gasteiger charge is 2.19. The van der Waals surface area contributed by atoms with Crippen molar-refractivity contribution in [2.75, 3.05) is 30.7 Å². The number of carbonyl (C=O) groups is 1. The molecule has 7 N–H and O–H groups in total. The van der Waals surface area contributed by atoms with Crippen LogP contribution in [-0.2, 0) is 38.4 Å².